The molecule has 3 rings (SSSR count). The summed E-state index contributed by atoms with van der Waals surface area (Å²) in [4.78, 5) is 23.6. The summed E-state index contributed by atoms with van der Waals surface area (Å²) in [5, 5.41) is 11.0. The van der Waals surface area contributed by atoms with Crippen molar-refractivity contribution in [1.82, 2.24) is 0 Å². The molecule has 0 aromatic heterocycles. The highest BCUT2D eigenvalue weighted by molar-refractivity contribution is 6.30. The van der Waals surface area contributed by atoms with Crippen molar-refractivity contribution < 1.29 is 28.9 Å². The van der Waals surface area contributed by atoms with Crippen LogP contribution in [0.4, 0.5) is 0 Å². The van der Waals surface area contributed by atoms with Crippen LogP contribution in [0.5, 0.6) is 23.0 Å². The van der Waals surface area contributed by atoms with Crippen LogP contribution in [-0.4, -0.2) is 29.6 Å². The molecule has 32 heavy (non-hydrogen) atoms. The summed E-state index contributed by atoms with van der Waals surface area (Å²) in [7, 11) is 0. The Hall–Kier alpha value is -3.35. The summed E-state index contributed by atoms with van der Waals surface area (Å²) in [6.07, 6.45) is 0.733. The summed E-state index contributed by atoms with van der Waals surface area (Å²) in [6.45, 7) is 3.27. The van der Waals surface area contributed by atoms with Crippen LogP contribution in [0.3, 0.4) is 0 Å². The minimum absolute atomic E-state index is 0.0530. The van der Waals surface area contributed by atoms with E-state index in [4.69, 9.17) is 25.8 Å². The van der Waals surface area contributed by atoms with E-state index in [1.165, 1.54) is 6.92 Å². The molecule has 1 N–H and O–H groups in total. The number of halogens is 1. The van der Waals surface area contributed by atoms with Gasteiger partial charge >= 0.3 is 5.97 Å². The maximum atomic E-state index is 11.9. The maximum Gasteiger partial charge on any atom is 0.338 e. The first-order valence-corrected chi connectivity index (χ1v) is 10.4. The highest BCUT2D eigenvalue weighted by Gasteiger charge is 2.32. The lowest BCUT2D eigenvalue weighted by atomic mass is 9.96. The van der Waals surface area contributed by atoms with Crippen molar-refractivity contribution in [3.05, 3.63) is 82.9 Å². The zero-order chi connectivity index (χ0) is 23.1. The Bertz CT molecular complexity index is 1090. The monoisotopic (exact) mass is 454 g/mol. The van der Waals surface area contributed by atoms with Gasteiger partial charge in [-0.05, 0) is 74.0 Å². The number of aliphatic hydroxyl groups is 1. The molecule has 6 nitrogen and oxygen atoms in total. The van der Waals surface area contributed by atoms with Crippen LogP contribution in [0.2, 0.25) is 5.02 Å². The number of carbonyl (C=O) groups is 2. The molecule has 0 aliphatic rings. The van der Waals surface area contributed by atoms with Gasteiger partial charge in [-0.3, -0.25) is 4.79 Å². The molecule has 0 bridgehead atoms. The van der Waals surface area contributed by atoms with E-state index in [2.05, 4.69) is 0 Å². The summed E-state index contributed by atoms with van der Waals surface area (Å²) in [5.74, 6) is 1.17. The highest BCUT2D eigenvalue weighted by atomic mass is 35.5. The first-order chi connectivity index (χ1) is 15.3. The molecule has 0 radical (unpaired) electrons. The third kappa shape index (κ3) is 6.09. The van der Waals surface area contributed by atoms with E-state index in [9.17, 15) is 14.7 Å². The number of benzene rings is 3. The molecule has 0 spiro atoms. The highest BCUT2D eigenvalue weighted by Crippen LogP contribution is 2.31. The number of carbonyl (C=O) groups excluding carboxylic acids is 2. The number of hydrogen-bond donors (Lipinski definition) is 1. The quantitative estimate of drug-likeness (QED) is 0.335. The van der Waals surface area contributed by atoms with Crippen molar-refractivity contribution in [3.8, 4) is 23.0 Å². The van der Waals surface area contributed by atoms with Crippen molar-refractivity contribution in [1.29, 1.82) is 0 Å². The Morgan fingerprint density at radius 2 is 1.69 bits per heavy atom. The molecule has 0 saturated heterocycles. The molecular formula is C25H23ClO6. The SMILES string of the molecule is CCOC(=O)C(C)(O)Cc1cccc(Oc2ccc(Oc3ccc(Cl)cc3)cc2C=O)c1. The first kappa shape index (κ1) is 23.3. The van der Waals surface area contributed by atoms with Gasteiger partial charge in [-0.2, -0.15) is 0 Å². The Morgan fingerprint density at radius 1 is 1.00 bits per heavy atom. The van der Waals surface area contributed by atoms with Crippen LogP contribution in [-0.2, 0) is 16.0 Å². The topological polar surface area (TPSA) is 82.1 Å². The molecule has 1 unspecified atom stereocenters. The molecule has 1 atom stereocenters. The summed E-state index contributed by atoms with van der Waals surface area (Å²) < 4.78 is 16.6. The normalized spacial score (nSPS) is 12.5. The standard InChI is InChI=1S/C25H23ClO6/c1-3-30-24(28)25(2,29)15-17-5-4-6-21(13-17)32-23-12-11-22(14-18(23)16-27)31-20-9-7-19(26)8-10-20/h4-14,16,29H,3,15H2,1-2H3. The molecule has 0 fully saturated rings. The first-order valence-electron chi connectivity index (χ1n) is 10.00. The van der Waals surface area contributed by atoms with Crippen molar-refractivity contribution >= 4 is 23.9 Å². The fourth-order valence-corrected chi connectivity index (χ4v) is 3.14. The average Bonchev–Trinajstić information content (AvgIpc) is 2.76. The number of rotatable bonds is 9. The van der Waals surface area contributed by atoms with Gasteiger partial charge in [0.1, 0.15) is 23.0 Å². The third-order valence-corrected chi connectivity index (χ3v) is 4.80. The number of aldehydes is 1. The Labute approximate surface area is 191 Å². The van der Waals surface area contributed by atoms with Crippen molar-refractivity contribution in [3.63, 3.8) is 0 Å². The van der Waals surface area contributed by atoms with Crippen LogP contribution >= 0.6 is 11.6 Å². The second-order valence-electron chi connectivity index (χ2n) is 7.29. The molecule has 3 aromatic rings. The lowest BCUT2D eigenvalue weighted by Gasteiger charge is -2.21. The van der Waals surface area contributed by atoms with E-state index in [-0.39, 0.29) is 13.0 Å². The van der Waals surface area contributed by atoms with Crippen molar-refractivity contribution in [2.75, 3.05) is 6.61 Å². The molecule has 0 aliphatic heterocycles. The minimum Gasteiger partial charge on any atom is -0.464 e. The van der Waals surface area contributed by atoms with Crippen molar-refractivity contribution in [2.45, 2.75) is 25.9 Å². The van der Waals surface area contributed by atoms with Crippen LogP contribution in [0.15, 0.2) is 66.7 Å². The van der Waals surface area contributed by atoms with Gasteiger partial charge in [0.05, 0.1) is 12.2 Å². The maximum absolute atomic E-state index is 11.9. The molecule has 7 heteroatoms. The second-order valence-corrected chi connectivity index (χ2v) is 7.73. The summed E-state index contributed by atoms with van der Waals surface area (Å²) >= 11 is 5.88. The van der Waals surface area contributed by atoms with E-state index in [0.717, 1.165) is 0 Å². The molecule has 0 amide bonds. The smallest absolute Gasteiger partial charge is 0.338 e. The zero-order valence-corrected chi connectivity index (χ0v) is 18.5. The van der Waals surface area contributed by atoms with Gasteiger partial charge in [-0.25, -0.2) is 4.79 Å². The van der Waals surface area contributed by atoms with Crippen molar-refractivity contribution in [2.24, 2.45) is 0 Å². The third-order valence-electron chi connectivity index (χ3n) is 4.55. The largest absolute Gasteiger partial charge is 0.464 e. The van der Waals surface area contributed by atoms with Crippen LogP contribution in [0.1, 0.15) is 29.8 Å². The van der Waals surface area contributed by atoms with Gasteiger partial charge < -0.3 is 19.3 Å². The molecule has 0 saturated carbocycles. The lowest BCUT2D eigenvalue weighted by molar-refractivity contribution is -0.163. The van der Waals surface area contributed by atoms with Gasteiger partial charge in [-0.1, -0.05) is 23.7 Å². The van der Waals surface area contributed by atoms with Gasteiger partial charge in [0.2, 0.25) is 0 Å². The van der Waals surface area contributed by atoms with E-state index >= 15 is 0 Å². The average molecular weight is 455 g/mol. The van der Waals surface area contributed by atoms with Gasteiger partial charge in [0.15, 0.2) is 11.9 Å². The zero-order valence-electron chi connectivity index (χ0n) is 17.7. The number of hydrogen-bond acceptors (Lipinski definition) is 6. The number of ether oxygens (including phenoxy) is 3. The van der Waals surface area contributed by atoms with Crippen LogP contribution in [0, 0.1) is 0 Å². The lowest BCUT2D eigenvalue weighted by Crippen LogP contribution is -2.39. The molecule has 0 heterocycles. The number of esters is 1. The van der Waals surface area contributed by atoms with E-state index < -0.39 is 11.6 Å². The minimum atomic E-state index is -1.66. The molecule has 166 valence electrons. The van der Waals surface area contributed by atoms with Gasteiger partial charge in [0.25, 0.3) is 0 Å². The molecule has 3 aromatic carbocycles. The Morgan fingerprint density at radius 3 is 2.38 bits per heavy atom. The van der Waals surface area contributed by atoms with Gasteiger partial charge in [0, 0.05) is 11.4 Å². The molecular weight excluding hydrogens is 432 g/mol. The van der Waals surface area contributed by atoms with Crippen LogP contribution < -0.4 is 9.47 Å². The van der Waals surface area contributed by atoms with Crippen LogP contribution in [0.25, 0.3) is 0 Å². The van der Waals surface area contributed by atoms with E-state index in [0.29, 0.717) is 45.4 Å². The Balaban J connectivity index is 1.75. The van der Waals surface area contributed by atoms with Gasteiger partial charge in [-0.15, -0.1) is 0 Å². The summed E-state index contributed by atoms with van der Waals surface area (Å²) in [6, 6.07) is 18.7. The van der Waals surface area contributed by atoms with E-state index in [1.54, 1.807) is 73.7 Å². The fraction of sp³-hybridized carbons (Fsp3) is 0.200. The summed E-state index contributed by atoms with van der Waals surface area (Å²) in [5.41, 5.74) is -0.681. The Kier molecular flexibility index (Phi) is 7.51. The predicted octanol–water partition coefficient (Wildman–Crippen LogP) is 5.59. The second kappa shape index (κ2) is 10.3. The molecule has 0 aliphatic carbocycles. The predicted molar refractivity (Wildman–Crippen MR) is 121 cm³/mol. The fourth-order valence-electron chi connectivity index (χ4n) is 3.02. The van der Waals surface area contributed by atoms with E-state index in [1.807, 2.05) is 0 Å².